The van der Waals surface area contributed by atoms with Crippen molar-refractivity contribution in [1.82, 2.24) is 5.43 Å². The molecule has 3 N–H and O–H groups in total. The van der Waals surface area contributed by atoms with Crippen LogP contribution in [0.15, 0.2) is 0 Å². The van der Waals surface area contributed by atoms with Crippen LogP contribution in [0, 0.1) is 12.3 Å². The molecule has 1 atom stereocenters. The first kappa shape index (κ1) is 13.4. The minimum absolute atomic E-state index is 0.244. The van der Waals surface area contributed by atoms with E-state index in [0.717, 1.165) is 19.3 Å². The molecule has 0 radical (unpaired) electrons. The molecule has 0 aromatic heterocycles. The number of nitrogens with two attached hydrogens (primary N) is 1. The van der Waals surface area contributed by atoms with Crippen LogP contribution in [0.4, 0.5) is 0 Å². The molecule has 0 aliphatic carbocycles. The van der Waals surface area contributed by atoms with Gasteiger partial charge in [0.1, 0.15) is 0 Å². The Hall–Kier alpha value is -0.600. The second kappa shape index (κ2) is 10.5. The number of hydrogen-bond donors (Lipinski definition) is 2. The van der Waals surface area contributed by atoms with Crippen LogP contribution in [0.5, 0.6) is 0 Å². The summed E-state index contributed by atoms with van der Waals surface area (Å²) in [6.45, 7) is 1.94. The Balaban J connectivity index is 3.29. The summed E-state index contributed by atoms with van der Waals surface area (Å²) in [4.78, 5) is 0. The molecule has 0 heterocycles. The van der Waals surface area contributed by atoms with E-state index in [1.807, 2.05) is 0 Å². The first-order valence-electron chi connectivity index (χ1n) is 4.81. The molecule has 1 unspecified atom stereocenters. The fraction of sp³-hybridized carbons (Fsp3) is 0.800. The molecule has 0 saturated heterocycles. The Bertz CT molecular complexity index is 157. The minimum Gasteiger partial charge on any atom is -0.382 e. The third-order valence-electron chi connectivity index (χ3n) is 1.92. The van der Waals surface area contributed by atoms with Crippen molar-refractivity contribution in [1.29, 1.82) is 0 Å². The lowest BCUT2D eigenvalue weighted by Crippen LogP contribution is -2.35. The highest BCUT2D eigenvalue weighted by molar-refractivity contribution is 4.85. The van der Waals surface area contributed by atoms with Crippen molar-refractivity contribution < 1.29 is 9.47 Å². The van der Waals surface area contributed by atoms with Crippen LogP contribution in [0.2, 0.25) is 0 Å². The molecule has 82 valence electrons. The molecule has 0 aromatic carbocycles. The van der Waals surface area contributed by atoms with Gasteiger partial charge in [-0.25, -0.2) is 0 Å². The van der Waals surface area contributed by atoms with E-state index in [-0.39, 0.29) is 6.04 Å². The fourth-order valence-electron chi connectivity index (χ4n) is 1.04. The maximum Gasteiger partial charge on any atom is 0.0700 e. The molecule has 0 spiro atoms. The van der Waals surface area contributed by atoms with Crippen molar-refractivity contribution in [3.8, 4) is 12.3 Å². The second-order valence-corrected chi connectivity index (χ2v) is 3.00. The topological polar surface area (TPSA) is 56.5 Å². The van der Waals surface area contributed by atoms with Gasteiger partial charge in [0.05, 0.1) is 13.2 Å². The van der Waals surface area contributed by atoms with Gasteiger partial charge in [-0.3, -0.25) is 11.3 Å². The highest BCUT2D eigenvalue weighted by atomic mass is 16.5. The number of ether oxygens (including phenoxy) is 2. The molecule has 4 nitrogen and oxygen atoms in total. The van der Waals surface area contributed by atoms with Crippen molar-refractivity contribution >= 4 is 0 Å². The van der Waals surface area contributed by atoms with Gasteiger partial charge in [0, 0.05) is 26.2 Å². The fourth-order valence-corrected chi connectivity index (χ4v) is 1.04. The van der Waals surface area contributed by atoms with Gasteiger partial charge in [-0.2, -0.15) is 0 Å². The number of nitrogens with one attached hydrogen (secondary N) is 1. The SMILES string of the molecule is C#CCCC(CCOCCOC)NN. The summed E-state index contributed by atoms with van der Waals surface area (Å²) in [6, 6.07) is 0.244. The molecular formula is C10H20N2O2. The van der Waals surface area contributed by atoms with E-state index in [1.165, 1.54) is 0 Å². The van der Waals surface area contributed by atoms with Gasteiger partial charge in [0.2, 0.25) is 0 Å². The molecule has 0 aliphatic heterocycles. The summed E-state index contributed by atoms with van der Waals surface area (Å²) in [5.74, 6) is 7.94. The lowest BCUT2D eigenvalue weighted by atomic mass is 10.1. The van der Waals surface area contributed by atoms with E-state index in [0.29, 0.717) is 19.8 Å². The average molecular weight is 200 g/mol. The van der Waals surface area contributed by atoms with Crippen LogP contribution in [0.3, 0.4) is 0 Å². The summed E-state index contributed by atoms with van der Waals surface area (Å²) in [6.07, 6.45) is 7.67. The number of rotatable bonds is 9. The summed E-state index contributed by atoms with van der Waals surface area (Å²) >= 11 is 0. The largest absolute Gasteiger partial charge is 0.382 e. The zero-order valence-electron chi connectivity index (χ0n) is 8.79. The van der Waals surface area contributed by atoms with Crippen LogP contribution in [0.25, 0.3) is 0 Å². The van der Waals surface area contributed by atoms with E-state index in [1.54, 1.807) is 7.11 Å². The molecule has 0 saturated carbocycles. The van der Waals surface area contributed by atoms with Crippen LogP contribution in [-0.2, 0) is 9.47 Å². The van der Waals surface area contributed by atoms with Crippen molar-refractivity contribution in [3.63, 3.8) is 0 Å². The Kier molecular flexibility index (Phi) is 10.0. The Labute approximate surface area is 86.1 Å². The Morgan fingerprint density at radius 1 is 1.36 bits per heavy atom. The molecule has 0 amide bonds. The van der Waals surface area contributed by atoms with Gasteiger partial charge < -0.3 is 9.47 Å². The third-order valence-corrected chi connectivity index (χ3v) is 1.92. The van der Waals surface area contributed by atoms with E-state index in [2.05, 4.69) is 11.3 Å². The zero-order valence-corrected chi connectivity index (χ0v) is 8.79. The van der Waals surface area contributed by atoms with Crippen molar-refractivity contribution in [3.05, 3.63) is 0 Å². The van der Waals surface area contributed by atoms with E-state index in [4.69, 9.17) is 21.7 Å². The highest BCUT2D eigenvalue weighted by Crippen LogP contribution is 2.00. The Morgan fingerprint density at radius 3 is 2.71 bits per heavy atom. The number of hydrazine groups is 1. The molecule has 0 aromatic rings. The molecule has 0 rings (SSSR count). The van der Waals surface area contributed by atoms with Gasteiger partial charge in [0.25, 0.3) is 0 Å². The van der Waals surface area contributed by atoms with Crippen LogP contribution in [0.1, 0.15) is 19.3 Å². The smallest absolute Gasteiger partial charge is 0.0700 e. The maximum absolute atomic E-state index is 5.36. The molecule has 0 aliphatic rings. The van der Waals surface area contributed by atoms with Crippen molar-refractivity contribution in [2.24, 2.45) is 5.84 Å². The standard InChI is InChI=1S/C10H20N2O2/c1-3-4-5-10(12-11)6-7-14-9-8-13-2/h1,10,12H,4-9,11H2,2H3. The number of hydrogen-bond acceptors (Lipinski definition) is 4. The highest BCUT2D eigenvalue weighted by Gasteiger charge is 2.04. The molecule has 14 heavy (non-hydrogen) atoms. The quantitative estimate of drug-likeness (QED) is 0.243. The van der Waals surface area contributed by atoms with E-state index in [9.17, 15) is 0 Å². The number of methoxy groups -OCH3 is 1. The Morgan fingerprint density at radius 2 is 2.14 bits per heavy atom. The van der Waals surface area contributed by atoms with Gasteiger partial charge >= 0.3 is 0 Å². The van der Waals surface area contributed by atoms with Crippen LogP contribution in [-0.4, -0.2) is 33.0 Å². The van der Waals surface area contributed by atoms with Gasteiger partial charge in [-0.15, -0.1) is 12.3 Å². The summed E-state index contributed by atoms with van der Waals surface area (Å²) in [5.41, 5.74) is 2.72. The zero-order chi connectivity index (χ0) is 10.6. The van der Waals surface area contributed by atoms with Crippen molar-refractivity contribution in [2.45, 2.75) is 25.3 Å². The monoisotopic (exact) mass is 200 g/mol. The average Bonchev–Trinajstić information content (AvgIpc) is 2.22. The lowest BCUT2D eigenvalue weighted by molar-refractivity contribution is 0.0655. The molecular weight excluding hydrogens is 180 g/mol. The first-order valence-corrected chi connectivity index (χ1v) is 4.81. The van der Waals surface area contributed by atoms with Crippen LogP contribution >= 0.6 is 0 Å². The van der Waals surface area contributed by atoms with Gasteiger partial charge in [-0.05, 0) is 12.8 Å². The second-order valence-electron chi connectivity index (χ2n) is 3.00. The lowest BCUT2D eigenvalue weighted by Gasteiger charge is -2.14. The van der Waals surface area contributed by atoms with Gasteiger partial charge in [0.15, 0.2) is 0 Å². The van der Waals surface area contributed by atoms with Gasteiger partial charge in [-0.1, -0.05) is 0 Å². The summed E-state index contributed by atoms with van der Waals surface area (Å²) in [5, 5.41) is 0. The molecule has 4 heteroatoms. The van der Waals surface area contributed by atoms with Crippen LogP contribution < -0.4 is 11.3 Å². The van der Waals surface area contributed by atoms with Crippen molar-refractivity contribution in [2.75, 3.05) is 26.9 Å². The molecule has 0 bridgehead atoms. The normalized spacial score (nSPS) is 12.4. The third kappa shape index (κ3) is 8.02. The maximum atomic E-state index is 5.36. The summed E-state index contributed by atoms with van der Waals surface area (Å²) < 4.78 is 10.2. The predicted molar refractivity (Wildman–Crippen MR) is 56.5 cm³/mol. The molecule has 0 fully saturated rings. The summed E-state index contributed by atoms with van der Waals surface area (Å²) in [7, 11) is 1.65. The first-order chi connectivity index (χ1) is 6.85. The predicted octanol–water partition coefficient (Wildman–Crippen LogP) is 0.285. The van der Waals surface area contributed by atoms with E-state index >= 15 is 0 Å². The number of terminal acetylenes is 1. The van der Waals surface area contributed by atoms with E-state index < -0.39 is 0 Å². The minimum atomic E-state index is 0.244.